The molecule has 1 aromatic rings. The molecule has 96 valence electrons. The number of hydrogen-bond donors (Lipinski definition) is 1. The van der Waals surface area contributed by atoms with Crippen molar-refractivity contribution in [1.29, 1.82) is 0 Å². The third kappa shape index (κ3) is 3.30. The molecule has 1 aromatic heterocycles. The van der Waals surface area contributed by atoms with Crippen molar-refractivity contribution in [3.8, 4) is 0 Å². The highest BCUT2D eigenvalue weighted by Gasteiger charge is 2.21. The van der Waals surface area contributed by atoms with Gasteiger partial charge >= 0.3 is 0 Å². The monoisotopic (exact) mass is 236 g/mol. The maximum Gasteiger partial charge on any atom is 0.0518 e. The predicted octanol–water partition coefficient (Wildman–Crippen LogP) is 1.24. The normalized spacial score (nSPS) is 20.6. The van der Waals surface area contributed by atoms with E-state index in [2.05, 4.69) is 35.4 Å². The Morgan fingerprint density at radius 1 is 1.41 bits per heavy atom. The molecule has 1 saturated heterocycles. The van der Waals surface area contributed by atoms with Gasteiger partial charge in [0.2, 0.25) is 0 Å². The van der Waals surface area contributed by atoms with E-state index in [1.54, 1.807) is 0 Å². The molecule has 1 fully saturated rings. The Labute approximate surface area is 104 Å². The van der Waals surface area contributed by atoms with Crippen LogP contribution in [0.4, 0.5) is 0 Å². The largest absolute Gasteiger partial charge is 0.308 e. The lowest BCUT2D eigenvalue weighted by atomic mass is 9.90. The second kappa shape index (κ2) is 5.65. The van der Waals surface area contributed by atoms with E-state index in [0.717, 1.165) is 12.5 Å². The molecule has 0 aromatic carbocycles. The fourth-order valence-corrected chi connectivity index (χ4v) is 2.54. The third-order valence-corrected chi connectivity index (χ3v) is 4.00. The molecule has 1 aliphatic rings. The molecule has 0 radical (unpaired) electrons. The quantitative estimate of drug-likeness (QED) is 0.854. The molecule has 1 unspecified atom stereocenters. The van der Waals surface area contributed by atoms with Gasteiger partial charge in [-0.1, -0.05) is 0 Å². The minimum Gasteiger partial charge on any atom is -0.308 e. The number of likely N-dealkylation sites (tertiary alicyclic amines) is 1. The van der Waals surface area contributed by atoms with Crippen LogP contribution in [0.15, 0.2) is 12.3 Å². The lowest BCUT2D eigenvalue weighted by Crippen LogP contribution is -2.40. The van der Waals surface area contributed by atoms with Crippen molar-refractivity contribution in [2.75, 3.05) is 20.1 Å². The Bertz CT molecular complexity index is 339. The van der Waals surface area contributed by atoms with E-state index in [1.165, 1.54) is 31.6 Å². The van der Waals surface area contributed by atoms with Gasteiger partial charge in [-0.2, -0.15) is 5.10 Å². The van der Waals surface area contributed by atoms with Gasteiger partial charge in [0.1, 0.15) is 0 Å². The topological polar surface area (TPSA) is 33.1 Å². The number of aryl methyl sites for hydroxylation is 1. The minimum absolute atomic E-state index is 0.596. The zero-order chi connectivity index (χ0) is 12.3. The van der Waals surface area contributed by atoms with Crippen LogP contribution in [0.1, 0.15) is 25.5 Å². The second-order valence-electron chi connectivity index (χ2n) is 5.26. The fraction of sp³-hybridized carbons (Fsp3) is 0.769. The summed E-state index contributed by atoms with van der Waals surface area (Å²) in [5, 5.41) is 7.82. The first-order chi connectivity index (χ1) is 8.16. The van der Waals surface area contributed by atoms with Gasteiger partial charge in [0.25, 0.3) is 0 Å². The predicted molar refractivity (Wildman–Crippen MR) is 69.7 cm³/mol. The Balaban J connectivity index is 1.77. The molecule has 4 nitrogen and oxygen atoms in total. The van der Waals surface area contributed by atoms with Crippen molar-refractivity contribution in [2.45, 2.75) is 32.4 Å². The summed E-state index contributed by atoms with van der Waals surface area (Å²) in [5.74, 6) is 0.819. The van der Waals surface area contributed by atoms with Crippen LogP contribution in [-0.2, 0) is 13.6 Å². The summed E-state index contributed by atoms with van der Waals surface area (Å²) in [6.07, 6.45) is 4.49. The van der Waals surface area contributed by atoms with Crippen molar-refractivity contribution in [2.24, 2.45) is 13.0 Å². The molecule has 1 aliphatic heterocycles. The summed E-state index contributed by atoms with van der Waals surface area (Å²) in [5.41, 5.74) is 1.25. The third-order valence-electron chi connectivity index (χ3n) is 4.00. The van der Waals surface area contributed by atoms with E-state index < -0.39 is 0 Å². The van der Waals surface area contributed by atoms with E-state index >= 15 is 0 Å². The Kier molecular flexibility index (Phi) is 4.18. The second-order valence-corrected chi connectivity index (χ2v) is 5.26. The van der Waals surface area contributed by atoms with Gasteiger partial charge in [-0.05, 0) is 51.9 Å². The van der Waals surface area contributed by atoms with Crippen molar-refractivity contribution in [3.63, 3.8) is 0 Å². The van der Waals surface area contributed by atoms with Gasteiger partial charge in [-0.15, -0.1) is 0 Å². The molecule has 2 heterocycles. The van der Waals surface area contributed by atoms with Gasteiger partial charge < -0.3 is 10.2 Å². The van der Waals surface area contributed by atoms with Crippen LogP contribution in [0.3, 0.4) is 0 Å². The van der Waals surface area contributed by atoms with Crippen LogP contribution in [0.5, 0.6) is 0 Å². The SMILES string of the molecule is CC(NCc1ccnn1C)C1CCN(C)CC1. The Morgan fingerprint density at radius 2 is 2.12 bits per heavy atom. The number of piperidine rings is 1. The van der Waals surface area contributed by atoms with Gasteiger partial charge in [0.15, 0.2) is 0 Å². The number of nitrogens with one attached hydrogen (secondary N) is 1. The van der Waals surface area contributed by atoms with Crippen molar-refractivity contribution < 1.29 is 0 Å². The first kappa shape index (κ1) is 12.6. The van der Waals surface area contributed by atoms with Gasteiger partial charge in [0, 0.05) is 25.8 Å². The molecule has 4 heteroatoms. The van der Waals surface area contributed by atoms with Crippen molar-refractivity contribution >= 4 is 0 Å². The highest BCUT2D eigenvalue weighted by molar-refractivity contribution is 4.99. The Hall–Kier alpha value is -0.870. The first-order valence-electron chi connectivity index (χ1n) is 6.55. The first-order valence-corrected chi connectivity index (χ1v) is 6.55. The fourth-order valence-electron chi connectivity index (χ4n) is 2.54. The summed E-state index contributed by atoms with van der Waals surface area (Å²) in [6.45, 7) is 5.71. The molecular weight excluding hydrogens is 212 g/mol. The van der Waals surface area contributed by atoms with Gasteiger partial charge in [-0.25, -0.2) is 0 Å². The van der Waals surface area contributed by atoms with E-state index in [4.69, 9.17) is 0 Å². The molecule has 0 aliphatic carbocycles. The summed E-state index contributed by atoms with van der Waals surface area (Å²) in [6, 6.07) is 2.67. The molecule has 17 heavy (non-hydrogen) atoms. The zero-order valence-corrected chi connectivity index (χ0v) is 11.2. The van der Waals surface area contributed by atoms with Crippen molar-refractivity contribution in [1.82, 2.24) is 20.0 Å². The molecule has 1 atom stereocenters. The van der Waals surface area contributed by atoms with Crippen LogP contribution in [0, 0.1) is 5.92 Å². The summed E-state index contributed by atoms with van der Waals surface area (Å²) in [4.78, 5) is 2.42. The summed E-state index contributed by atoms with van der Waals surface area (Å²) >= 11 is 0. The van der Waals surface area contributed by atoms with Crippen LogP contribution in [0.2, 0.25) is 0 Å². The maximum atomic E-state index is 4.19. The summed E-state index contributed by atoms with van der Waals surface area (Å²) < 4.78 is 1.94. The smallest absolute Gasteiger partial charge is 0.0518 e. The van der Waals surface area contributed by atoms with E-state index in [-0.39, 0.29) is 0 Å². The molecular formula is C13H24N4. The molecule has 0 saturated carbocycles. The van der Waals surface area contributed by atoms with Crippen LogP contribution >= 0.6 is 0 Å². The van der Waals surface area contributed by atoms with Crippen LogP contribution < -0.4 is 5.32 Å². The Morgan fingerprint density at radius 3 is 2.71 bits per heavy atom. The van der Waals surface area contributed by atoms with Crippen LogP contribution in [0.25, 0.3) is 0 Å². The molecule has 0 spiro atoms. The molecule has 0 bridgehead atoms. The zero-order valence-electron chi connectivity index (χ0n) is 11.2. The molecule has 0 amide bonds. The summed E-state index contributed by atoms with van der Waals surface area (Å²) in [7, 11) is 4.21. The number of aromatic nitrogens is 2. The maximum absolute atomic E-state index is 4.19. The molecule has 2 rings (SSSR count). The van der Waals surface area contributed by atoms with Crippen LogP contribution in [-0.4, -0.2) is 40.9 Å². The van der Waals surface area contributed by atoms with Gasteiger partial charge in [0.05, 0.1) is 5.69 Å². The lowest BCUT2D eigenvalue weighted by Gasteiger charge is -2.33. The standard InChI is InChI=1S/C13H24N4/c1-11(12-5-8-16(2)9-6-12)14-10-13-4-7-15-17(13)3/h4,7,11-12,14H,5-6,8-10H2,1-3H3. The number of nitrogens with zero attached hydrogens (tertiary/aromatic N) is 3. The average Bonchev–Trinajstić information content (AvgIpc) is 2.73. The number of rotatable bonds is 4. The lowest BCUT2D eigenvalue weighted by molar-refractivity contribution is 0.189. The minimum atomic E-state index is 0.596. The van der Waals surface area contributed by atoms with Gasteiger partial charge in [-0.3, -0.25) is 4.68 Å². The van der Waals surface area contributed by atoms with E-state index in [0.29, 0.717) is 6.04 Å². The molecule has 1 N–H and O–H groups in total. The van der Waals surface area contributed by atoms with E-state index in [9.17, 15) is 0 Å². The number of hydrogen-bond acceptors (Lipinski definition) is 3. The highest BCUT2D eigenvalue weighted by Crippen LogP contribution is 2.19. The highest BCUT2D eigenvalue weighted by atomic mass is 15.3. The van der Waals surface area contributed by atoms with Crippen molar-refractivity contribution in [3.05, 3.63) is 18.0 Å². The average molecular weight is 236 g/mol. The van der Waals surface area contributed by atoms with E-state index in [1.807, 2.05) is 17.9 Å².